The van der Waals surface area contributed by atoms with Gasteiger partial charge < -0.3 is 0 Å². The molecule has 4 aromatic rings. The normalized spacial score (nSPS) is 15.2. The number of hydrogen-bond donors (Lipinski definition) is 1. The molecule has 1 N–H and O–H groups in total. The fourth-order valence-corrected chi connectivity index (χ4v) is 5.31. The molecule has 1 aliphatic rings. The van der Waals surface area contributed by atoms with E-state index in [1.54, 1.807) is 24.4 Å². The maximum absolute atomic E-state index is 13.1. The first-order valence-electron chi connectivity index (χ1n) is 9.32. The Kier molecular flexibility index (Phi) is 4.73. The fourth-order valence-electron chi connectivity index (χ4n) is 3.22. The Labute approximate surface area is 184 Å². The minimum Gasteiger partial charge on any atom is -0.256 e. The zero-order valence-corrected chi connectivity index (χ0v) is 17.7. The Hall–Kier alpha value is -3.34. The molecule has 1 aromatic carbocycles. The summed E-state index contributed by atoms with van der Waals surface area (Å²) in [4.78, 5) is 4.20. The highest BCUT2D eigenvalue weighted by molar-refractivity contribution is 7.89. The molecule has 32 heavy (non-hydrogen) atoms. The van der Waals surface area contributed by atoms with Crippen molar-refractivity contribution in [1.82, 2.24) is 29.7 Å². The molecule has 3 aromatic heterocycles. The van der Waals surface area contributed by atoms with E-state index in [1.807, 2.05) is 6.07 Å². The number of alkyl halides is 2. The third-order valence-electron chi connectivity index (χ3n) is 5.00. The van der Waals surface area contributed by atoms with Crippen molar-refractivity contribution < 1.29 is 17.2 Å². The van der Waals surface area contributed by atoms with Crippen LogP contribution in [-0.4, -0.2) is 38.9 Å². The second-order valence-electron chi connectivity index (χ2n) is 7.20. The van der Waals surface area contributed by atoms with Gasteiger partial charge in [0.15, 0.2) is 5.01 Å². The van der Waals surface area contributed by atoms with Gasteiger partial charge in [0.25, 0.3) is 6.43 Å². The second kappa shape index (κ2) is 7.37. The summed E-state index contributed by atoms with van der Waals surface area (Å²) >= 11 is 0.657. The lowest BCUT2D eigenvalue weighted by Crippen LogP contribution is -2.35. The zero-order chi connectivity index (χ0) is 22.5. The van der Waals surface area contributed by atoms with Gasteiger partial charge in [-0.15, -0.1) is 10.2 Å². The molecular weight excluding hydrogens is 460 g/mol. The van der Waals surface area contributed by atoms with Crippen LogP contribution in [0.4, 0.5) is 8.78 Å². The van der Waals surface area contributed by atoms with E-state index >= 15 is 0 Å². The van der Waals surface area contributed by atoms with Gasteiger partial charge in [-0.2, -0.15) is 15.1 Å². The number of sulfonamides is 1. The van der Waals surface area contributed by atoms with Crippen molar-refractivity contribution in [2.75, 3.05) is 0 Å². The van der Waals surface area contributed by atoms with Gasteiger partial charge in [-0.05, 0) is 37.1 Å². The van der Waals surface area contributed by atoms with Gasteiger partial charge in [-0.25, -0.2) is 21.9 Å². The number of nitrogens with zero attached hydrogens (tertiary/aromatic N) is 6. The molecular formula is C19H13F2N7O2S2. The van der Waals surface area contributed by atoms with Crippen molar-refractivity contribution in [2.45, 2.75) is 29.7 Å². The minimum absolute atomic E-state index is 0.0699. The third-order valence-corrected chi connectivity index (χ3v) is 7.43. The summed E-state index contributed by atoms with van der Waals surface area (Å²) in [6, 6.07) is 10.0. The van der Waals surface area contributed by atoms with Crippen LogP contribution < -0.4 is 4.72 Å². The predicted molar refractivity (Wildman–Crippen MR) is 111 cm³/mol. The largest absolute Gasteiger partial charge is 0.291 e. The van der Waals surface area contributed by atoms with Crippen LogP contribution in [0.15, 0.2) is 47.6 Å². The smallest absolute Gasteiger partial charge is 0.256 e. The van der Waals surface area contributed by atoms with E-state index in [-0.39, 0.29) is 10.0 Å². The van der Waals surface area contributed by atoms with Crippen LogP contribution in [0.1, 0.15) is 24.3 Å². The summed E-state index contributed by atoms with van der Waals surface area (Å²) < 4.78 is 55.9. The third kappa shape index (κ3) is 3.52. The van der Waals surface area contributed by atoms with Crippen molar-refractivity contribution >= 4 is 32.3 Å². The summed E-state index contributed by atoms with van der Waals surface area (Å²) in [5.74, 6) is 0. The van der Waals surface area contributed by atoms with Gasteiger partial charge >= 0.3 is 0 Å². The zero-order valence-electron chi connectivity index (χ0n) is 16.1. The first-order valence-corrected chi connectivity index (χ1v) is 11.6. The van der Waals surface area contributed by atoms with E-state index in [1.165, 1.54) is 23.0 Å². The molecule has 0 atom stereocenters. The number of rotatable bonds is 6. The lowest BCUT2D eigenvalue weighted by atomic mass is 10.1. The van der Waals surface area contributed by atoms with Crippen LogP contribution in [0.3, 0.4) is 0 Å². The van der Waals surface area contributed by atoms with Gasteiger partial charge in [0.2, 0.25) is 15.2 Å². The number of pyridine rings is 1. The fraction of sp³-hybridized carbons (Fsp3) is 0.211. The van der Waals surface area contributed by atoms with E-state index in [0.717, 1.165) is 0 Å². The molecule has 0 aliphatic heterocycles. The molecule has 13 heteroatoms. The Bertz CT molecular complexity index is 1470. The molecule has 9 nitrogen and oxygen atoms in total. The summed E-state index contributed by atoms with van der Waals surface area (Å²) in [5, 5.41) is 20.9. The van der Waals surface area contributed by atoms with Crippen LogP contribution in [0, 0.1) is 11.3 Å². The van der Waals surface area contributed by atoms with Crippen molar-refractivity contribution in [3.63, 3.8) is 0 Å². The van der Waals surface area contributed by atoms with Crippen molar-refractivity contribution in [3.8, 4) is 22.5 Å². The molecule has 5 rings (SSSR count). The average molecular weight is 473 g/mol. The highest BCUT2D eigenvalue weighted by Gasteiger charge is 2.47. The maximum Gasteiger partial charge on any atom is 0.291 e. The van der Waals surface area contributed by atoms with Gasteiger partial charge in [0, 0.05) is 17.1 Å². The summed E-state index contributed by atoms with van der Waals surface area (Å²) in [6.45, 7) is 0. The number of benzene rings is 1. The summed E-state index contributed by atoms with van der Waals surface area (Å²) in [5.41, 5.74) is 0.202. The highest BCUT2D eigenvalue weighted by atomic mass is 32.2. The summed E-state index contributed by atoms with van der Waals surface area (Å²) in [7, 11) is -4.07. The Morgan fingerprint density at radius 1 is 1.25 bits per heavy atom. The number of nitrogens with one attached hydrogen (secondary N) is 1. The standard InChI is InChI=1S/C19H13F2N7O2S2/c20-16(21)17-25-26-18(31-17)28-15-8-11(32(29,30)27-19(10-22)4-5-19)7-12(13(15)9-24-28)14-3-1-2-6-23-14/h1-3,6-9,16,27H,4-5H2. The van der Waals surface area contributed by atoms with E-state index in [0.29, 0.717) is 46.3 Å². The topological polar surface area (TPSA) is 126 Å². The maximum atomic E-state index is 13.1. The van der Waals surface area contributed by atoms with Crippen LogP contribution in [-0.2, 0) is 10.0 Å². The lowest BCUT2D eigenvalue weighted by molar-refractivity contribution is 0.150. The molecule has 162 valence electrons. The van der Waals surface area contributed by atoms with E-state index < -0.39 is 27.0 Å². The van der Waals surface area contributed by atoms with Crippen LogP contribution in [0.2, 0.25) is 0 Å². The molecule has 3 heterocycles. The van der Waals surface area contributed by atoms with E-state index in [9.17, 15) is 22.5 Å². The van der Waals surface area contributed by atoms with Gasteiger partial charge in [0.05, 0.1) is 28.4 Å². The Balaban J connectivity index is 1.72. The van der Waals surface area contributed by atoms with Crippen LogP contribution in [0.5, 0.6) is 0 Å². The van der Waals surface area contributed by atoms with Crippen LogP contribution in [0.25, 0.3) is 27.3 Å². The first-order chi connectivity index (χ1) is 15.3. The van der Waals surface area contributed by atoms with Gasteiger partial charge in [0.1, 0.15) is 5.54 Å². The van der Waals surface area contributed by atoms with Gasteiger partial charge in [-0.3, -0.25) is 4.98 Å². The Morgan fingerprint density at radius 3 is 2.69 bits per heavy atom. The lowest BCUT2D eigenvalue weighted by Gasteiger charge is -2.12. The number of fused-ring (bicyclic) bond motifs is 1. The molecule has 0 unspecified atom stereocenters. The van der Waals surface area contributed by atoms with E-state index in [4.69, 9.17) is 0 Å². The SMILES string of the molecule is N#CC1(NS(=O)(=O)c2cc(-c3ccccn3)c3cnn(-c4nnc(C(F)F)s4)c3c2)CC1. The van der Waals surface area contributed by atoms with E-state index in [2.05, 4.69) is 25.0 Å². The highest BCUT2D eigenvalue weighted by Crippen LogP contribution is 2.38. The monoisotopic (exact) mass is 473 g/mol. The second-order valence-corrected chi connectivity index (χ2v) is 9.87. The molecule has 0 saturated heterocycles. The molecule has 1 aliphatic carbocycles. The molecule has 0 amide bonds. The summed E-state index contributed by atoms with van der Waals surface area (Å²) in [6.07, 6.45) is 1.13. The molecule has 1 saturated carbocycles. The quantitative estimate of drug-likeness (QED) is 0.456. The number of halogens is 2. The molecule has 0 spiro atoms. The predicted octanol–water partition coefficient (Wildman–Crippen LogP) is 3.21. The van der Waals surface area contributed by atoms with Gasteiger partial charge in [-0.1, -0.05) is 17.4 Å². The number of nitriles is 1. The molecule has 1 fully saturated rings. The Morgan fingerprint density at radius 2 is 2.06 bits per heavy atom. The van der Waals surface area contributed by atoms with Crippen molar-refractivity contribution in [2.24, 2.45) is 0 Å². The van der Waals surface area contributed by atoms with Crippen LogP contribution >= 0.6 is 11.3 Å². The van der Waals surface area contributed by atoms with Crippen molar-refractivity contribution in [3.05, 3.63) is 47.7 Å². The number of hydrogen-bond acceptors (Lipinski definition) is 8. The first kappa shape index (κ1) is 20.6. The average Bonchev–Trinajstić information content (AvgIpc) is 3.18. The molecule has 0 radical (unpaired) electrons. The molecule has 0 bridgehead atoms. The number of aromatic nitrogens is 5. The minimum atomic E-state index is -4.07. The van der Waals surface area contributed by atoms with Crippen molar-refractivity contribution in [1.29, 1.82) is 5.26 Å².